The summed E-state index contributed by atoms with van der Waals surface area (Å²) < 4.78 is 2.62. The lowest BCUT2D eigenvalue weighted by Crippen LogP contribution is -2.14. The highest BCUT2D eigenvalue weighted by Crippen LogP contribution is 2.51. The highest BCUT2D eigenvalue weighted by Gasteiger charge is 2.35. The average Bonchev–Trinajstić information content (AvgIpc) is 3.86. The second kappa shape index (κ2) is 15.8. The SMILES string of the molecule is CC1(C)c2ccccc2-c2ccc(-c3ccc(N(c4cccc(-c5cccc6c5sc5ccccc56)c4)c4ccccc4-c4ccccc4-c4ccccc4-c4ccccc4)cc3)cc21. The van der Waals surface area contributed by atoms with Crippen LogP contribution < -0.4 is 4.90 Å². The lowest BCUT2D eigenvalue weighted by Gasteiger charge is -2.29. The lowest BCUT2D eigenvalue weighted by molar-refractivity contribution is 0.660. The van der Waals surface area contributed by atoms with E-state index in [1.807, 2.05) is 11.3 Å². The molecule has 308 valence electrons. The Morgan fingerprint density at radius 1 is 0.323 bits per heavy atom. The molecule has 1 aromatic heterocycles. The molecule has 0 saturated heterocycles. The van der Waals surface area contributed by atoms with Crippen molar-refractivity contribution in [2.75, 3.05) is 4.90 Å². The van der Waals surface area contributed by atoms with E-state index in [9.17, 15) is 0 Å². The van der Waals surface area contributed by atoms with Gasteiger partial charge >= 0.3 is 0 Å². The van der Waals surface area contributed by atoms with E-state index in [0.717, 1.165) is 22.6 Å². The summed E-state index contributed by atoms with van der Waals surface area (Å²) in [5.41, 5.74) is 20.7. The van der Waals surface area contributed by atoms with Crippen molar-refractivity contribution in [2.45, 2.75) is 19.3 Å². The standard InChI is InChI=1S/C63H45NS/c1-63(2)58-31-13-10-26-53(58)54-39-36-44(41-59(54)63)42-34-37-46(38-35-42)64(47-21-16-20-45(40-47)49-29-17-30-57-56-28-12-15-33-61(56)65-62(49)57)60-32-14-11-27-55(60)52-25-9-8-24-51(52)50-23-7-6-22-48(50)43-18-4-3-5-19-43/h3-41H,1-2H3. The summed E-state index contributed by atoms with van der Waals surface area (Å²) in [4.78, 5) is 2.45. The molecule has 0 unspecified atom stereocenters. The Labute approximate surface area is 385 Å². The van der Waals surface area contributed by atoms with Gasteiger partial charge in [-0.3, -0.25) is 0 Å². The molecule has 0 spiro atoms. The molecule has 65 heavy (non-hydrogen) atoms. The molecule has 0 amide bonds. The summed E-state index contributed by atoms with van der Waals surface area (Å²) in [7, 11) is 0. The highest BCUT2D eigenvalue weighted by atomic mass is 32.1. The van der Waals surface area contributed by atoms with Crippen molar-refractivity contribution in [3.05, 3.63) is 248 Å². The Bertz CT molecular complexity index is 3580. The van der Waals surface area contributed by atoms with Gasteiger partial charge in [-0.15, -0.1) is 11.3 Å². The maximum atomic E-state index is 2.45. The fourth-order valence-electron chi connectivity index (χ4n) is 10.3. The highest BCUT2D eigenvalue weighted by molar-refractivity contribution is 7.26. The number of benzene rings is 10. The van der Waals surface area contributed by atoms with Crippen LogP contribution in [0.4, 0.5) is 17.1 Å². The molecule has 12 rings (SSSR count). The maximum Gasteiger partial charge on any atom is 0.0540 e. The summed E-state index contributed by atoms with van der Waals surface area (Å²) in [5, 5.41) is 2.61. The second-order valence-electron chi connectivity index (χ2n) is 17.6. The van der Waals surface area contributed by atoms with Gasteiger partial charge < -0.3 is 4.90 Å². The summed E-state index contributed by atoms with van der Waals surface area (Å²) >= 11 is 1.88. The first-order valence-corrected chi connectivity index (χ1v) is 23.3. The zero-order valence-electron chi connectivity index (χ0n) is 36.4. The molecule has 0 saturated carbocycles. The number of nitrogens with zero attached hydrogens (tertiary/aromatic N) is 1. The normalized spacial score (nSPS) is 12.6. The van der Waals surface area contributed by atoms with Gasteiger partial charge in [-0.1, -0.05) is 208 Å². The van der Waals surface area contributed by atoms with Crippen LogP contribution in [0.25, 0.3) is 86.9 Å². The van der Waals surface area contributed by atoms with Gasteiger partial charge in [-0.2, -0.15) is 0 Å². The molecule has 1 heterocycles. The molecule has 1 nitrogen and oxygen atoms in total. The number of hydrogen-bond donors (Lipinski definition) is 0. The summed E-state index contributed by atoms with van der Waals surface area (Å²) in [6.45, 7) is 4.71. The second-order valence-corrected chi connectivity index (χ2v) is 18.7. The Kier molecular flexibility index (Phi) is 9.44. The van der Waals surface area contributed by atoms with E-state index in [0.29, 0.717) is 0 Å². The van der Waals surface area contributed by atoms with Crippen LogP contribution in [0, 0.1) is 0 Å². The Hall–Kier alpha value is -7.78. The minimum absolute atomic E-state index is 0.0640. The largest absolute Gasteiger partial charge is 0.310 e. The molecule has 0 bridgehead atoms. The molecule has 0 N–H and O–H groups in total. The number of para-hydroxylation sites is 1. The van der Waals surface area contributed by atoms with Gasteiger partial charge in [0.15, 0.2) is 0 Å². The van der Waals surface area contributed by atoms with Gasteiger partial charge in [0.05, 0.1) is 5.69 Å². The first-order chi connectivity index (χ1) is 32.0. The third kappa shape index (κ3) is 6.60. The van der Waals surface area contributed by atoms with E-state index in [1.165, 1.54) is 92.5 Å². The number of anilines is 3. The Morgan fingerprint density at radius 3 is 1.68 bits per heavy atom. The Morgan fingerprint density at radius 2 is 0.877 bits per heavy atom. The zero-order valence-corrected chi connectivity index (χ0v) is 37.2. The number of rotatable bonds is 8. The Balaban J connectivity index is 1.02. The van der Waals surface area contributed by atoms with Crippen molar-refractivity contribution in [2.24, 2.45) is 0 Å². The van der Waals surface area contributed by atoms with E-state index in [-0.39, 0.29) is 5.41 Å². The number of hydrogen-bond acceptors (Lipinski definition) is 2. The van der Waals surface area contributed by atoms with Crippen LogP contribution >= 0.6 is 11.3 Å². The van der Waals surface area contributed by atoms with E-state index in [1.54, 1.807) is 0 Å². The van der Waals surface area contributed by atoms with Gasteiger partial charge in [0.2, 0.25) is 0 Å². The maximum absolute atomic E-state index is 2.45. The molecule has 0 fully saturated rings. The smallest absolute Gasteiger partial charge is 0.0540 e. The minimum Gasteiger partial charge on any atom is -0.310 e. The summed E-state index contributed by atoms with van der Waals surface area (Å²) in [6.07, 6.45) is 0. The lowest BCUT2D eigenvalue weighted by atomic mass is 9.81. The van der Waals surface area contributed by atoms with Gasteiger partial charge in [0.25, 0.3) is 0 Å². The molecular formula is C63H45NS. The first kappa shape index (κ1) is 38.9. The molecule has 2 heteroatoms. The molecule has 0 radical (unpaired) electrons. The fraction of sp³-hybridized carbons (Fsp3) is 0.0476. The molecule has 1 aliphatic rings. The van der Waals surface area contributed by atoms with E-state index < -0.39 is 0 Å². The van der Waals surface area contributed by atoms with Crippen molar-refractivity contribution < 1.29 is 0 Å². The zero-order chi connectivity index (χ0) is 43.5. The third-order valence-corrected chi connectivity index (χ3v) is 14.7. The third-order valence-electron chi connectivity index (χ3n) is 13.5. The monoisotopic (exact) mass is 847 g/mol. The quantitative estimate of drug-likeness (QED) is 0.147. The molecule has 0 atom stereocenters. The average molecular weight is 848 g/mol. The van der Waals surface area contributed by atoms with Crippen LogP contribution in [0.15, 0.2) is 237 Å². The van der Waals surface area contributed by atoms with Gasteiger partial charge in [-0.05, 0) is 115 Å². The van der Waals surface area contributed by atoms with Crippen LogP contribution in [0.5, 0.6) is 0 Å². The molecule has 10 aromatic carbocycles. The van der Waals surface area contributed by atoms with Crippen LogP contribution in [0.1, 0.15) is 25.0 Å². The molecule has 11 aromatic rings. The fourth-order valence-corrected chi connectivity index (χ4v) is 11.6. The summed E-state index contributed by atoms with van der Waals surface area (Å²) in [6, 6.07) is 87.1. The molecule has 1 aliphatic carbocycles. The van der Waals surface area contributed by atoms with Crippen molar-refractivity contribution in [3.63, 3.8) is 0 Å². The molecule has 0 aliphatic heterocycles. The van der Waals surface area contributed by atoms with Crippen molar-refractivity contribution in [3.8, 4) is 66.8 Å². The van der Waals surface area contributed by atoms with Crippen molar-refractivity contribution in [1.29, 1.82) is 0 Å². The first-order valence-electron chi connectivity index (χ1n) is 22.5. The van der Waals surface area contributed by atoms with E-state index in [2.05, 4.69) is 255 Å². The van der Waals surface area contributed by atoms with E-state index in [4.69, 9.17) is 0 Å². The molecular weight excluding hydrogens is 803 g/mol. The van der Waals surface area contributed by atoms with Crippen LogP contribution in [0.3, 0.4) is 0 Å². The van der Waals surface area contributed by atoms with Crippen molar-refractivity contribution in [1.82, 2.24) is 0 Å². The predicted octanol–water partition coefficient (Wildman–Crippen LogP) is 18.2. The van der Waals surface area contributed by atoms with Crippen LogP contribution in [-0.2, 0) is 5.41 Å². The number of fused-ring (bicyclic) bond motifs is 6. The minimum atomic E-state index is -0.0640. The number of thiophene rings is 1. The van der Waals surface area contributed by atoms with Crippen molar-refractivity contribution >= 4 is 48.6 Å². The van der Waals surface area contributed by atoms with Gasteiger partial charge in [0.1, 0.15) is 0 Å². The van der Waals surface area contributed by atoms with Crippen LogP contribution in [0.2, 0.25) is 0 Å². The van der Waals surface area contributed by atoms with Gasteiger partial charge in [0, 0.05) is 42.5 Å². The predicted molar refractivity (Wildman–Crippen MR) is 279 cm³/mol. The summed E-state index contributed by atoms with van der Waals surface area (Å²) in [5.74, 6) is 0. The van der Waals surface area contributed by atoms with Crippen LogP contribution in [-0.4, -0.2) is 0 Å². The van der Waals surface area contributed by atoms with Gasteiger partial charge in [-0.25, -0.2) is 0 Å². The topological polar surface area (TPSA) is 3.24 Å². The van der Waals surface area contributed by atoms with E-state index >= 15 is 0 Å².